The third kappa shape index (κ3) is 3.94. The van der Waals surface area contributed by atoms with Crippen molar-refractivity contribution in [2.45, 2.75) is 23.9 Å². The average Bonchev–Trinajstić information content (AvgIpc) is 3.08. The molecule has 0 bridgehead atoms. The molecule has 0 aliphatic carbocycles. The van der Waals surface area contributed by atoms with E-state index < -0.39 is 0 Å². The lowest BCUT2D eigenvalue weighted by Gasteiger charge is -2.13. The smallest absolute Gasteiger partial charge is 0.233 e. The van der Waals surface area contributed by atoms with Gasteiger partial charge in [-0.05, 0) is 36.8 Å². The van der Waals surface area contributed by atoms with Crippen LogP contribution in [0.4, 0.5) is 0 Å². The van der Waals surface area contributed by atoms with E-state index in [2.05, 4.69) is 10.3 Å². The summed E-state index contributed by atoms with van der Waals surface area (Å²) in [5.41, 5.74) is 1.95. The molecule has 1 atom stereocenters. The van der Waals surface area contributed by atoms with Crippen LogP contribution in [-0.4, -0.2) is 34.8 Å². The van der Waals surface area contributed by atoms with Crippen LogP contribution in [0.15, 0.2) is 53.9 Å². The highest BCUT2D eigenvalue weighted by molar-refractivity contribution is 8.00. The largest absolute Gasteiger partial charge is 0.493 e. The van der Waals surface area contributed by atoms with Crippen molar-refractivity contribution < 1.29 is 14.3 Å². The Morgan fingerprint density at radius 2 is 2.04 bits per heavy atom. The van der Waals surface area contributed by atoms with Crippen molar-refractivity contribution in [3.63, 3.8) is 0 Å². The lowest BCUT2D eigenvalue weighted by molar-refractivity contribution is -0.120. The number of benzene rings is 1. The SMILES string of the molecule is COc1ccc(CNC(=O)C(C)Sc2ncc3ccccn23)cc1OC. The number of hydrogen-bond acceptors (Lipinski definition) is 5. The van der Waals surface area contributed by atoms with Crippen LogP contribution in [0.1, 0.15) is 12.5 Å². The fourth-order valence-corrected chi connectivity index (χ4v) is 3.44. The molecule has 2 aromatic heterocycles. The van der Waals surface area contributed by atoms with Gasteiger partial charge in [0.05, 0.1) is 31.2 Å². The molecule has 0 aliphatic rings. The Hall–Kier alpha value is -2.67. The predicted molar refractivity (Wildman–Crippen MR) is 102 cm³/mol. The molecular formula is C19H21N3O3S. The molecule has 26 heavy (non-hydrogen) atoms. The Morgan fingerprint density at radius 3 is 2.81 bits per heavy atom. The molecule has 136 valence electrons. The summed E-state index contributed by atoms with van der Waals surface area (Å²) in [5.74, 6) is 1.26. The summed E-state index contributed by atoms with van der Waals surface area (Å²) in [5, 5.41) is 3.49. The van der Waals surface area contributed by atoms with Crippen LogP contribution in [0.2, 0.25) is 0 Å². The van der Waals surface area contributed by atoms with Crippen LogP contribution >= 0.6 is 11.8 Å². The highest BCUT2D eigenvalue weighted by Crippen LogP contribution is 2.27. The first-order chi connectivity index (χ1) is 12.6. The van der Waals surface area contributed by atoms with Crippen molar-refractivity contribution in [2.24, 2.45) is 0 Å². The van der Waals surface area contributed by atoms with E-state index in [1.807, 2.05) is 53.9 Å². The Balaban J connectivity index is 1.61. The third-order valence-corrected chi connectivity index (χ3v) is 5.05. The molecule has 0 aliphatic heterocycles. The minimum absolute atomic E-state index is 0.0440. The number of ether oxygens (including phenoxy) is 2. The summed E-state index contributed by atoms with van der Waals surface area (Å²) in [6.45, 7) is 2.30. The van der Waals surface area contributed by atoms with Gasteiger partial charge in [-0.3, -0.25) is 9.20 Å². The number of hydrogen-bond donors (Lipinski definition) is 1. The summed E-state index contributed by atoms with van der Waals surface area (Å²) < 4.78 is 12.5. The topological polar surface area (TPSA) is 64.9 Å². The summed E-state index contributed by atoms with van der Waals surface area (Å²) in [4.78, 5) is 16.8. The number of carbonyl (C=O) groups excluding carboxylic acids is 1. The first kappa shape index (κ1) is 18.1. The maximum atomic E-state index is 12.4. The summed E-state index contributed by atoms with van der Waals surface area (Å²) >= 11 is 1.43. The minimum Gasteiger partial charge on any atom is -0.493 e. The van der Waals surface area contributed by atoms with E-state index in [1.54, 1.807) is 20.4 Å². The summed E-state index contributed by atoms with van der Waals surface area (Å²) in [6, 6.07) is 11.5. The van der Waals surface area contributed by atoms with E-state index in [1.165, 1.54) is 11.8 Å². The quantitative estimate of drug-likeness (QED) is 0.647. The van der Waals surface area contributed by atoms with Crippen molar-refractivity contribution in [2.75, 3.05) is 14.2 Å². The molecule has 0 saturated carbocycles. The van der Waals surface area contributed by atoms with E-state index in [0.29, 0.717) is 18.0 Å². The van der Waals surface area contributed by atoms with E-state index in [0.717, 1.165) is 16.2 Å². The highest BCUT2D eigenvalue weighted by atomic mass is 32.2. The summed E-state index contributed by atoms with van der Waals surface area (Å²) in [7, 11) is 3.19. The molecule has 2 heterocycles. The zero-order valence-electron chi connectivity index (χ0n) is 14.9. The Bertz CT molecular complexity index is 910. The number of nitrogens with one attached hydrogen (secondary N) is 1. The van der Waals surface area contributed by atoms with Crippen molar-refractivity contribution >= 4 is 23.2 Å². The molecule has 7 heteroatoms. The monoisotopic (exact) mass is 371 g/mol. The van der Waals surface area contributed by atoms with Gasteiger partial charge in [0.2, 0.25) is 5.91 Å². The minimum atomic E-state index is -0.263. The first-order valence-electron chi connectivity index (χ1n) is 8.19. The van der Waals surface area contributed by atoms with E-state index in [-0.39, 0.29) is 11.2 Å². The van der Waals surface area contributed by atoms with Gasteiger partial charge in [0.1, 0.15) is 0 Å². The van der Waals surface area contributed by atoms with Gasteiger partial charge in [-0.1, -0.05) is 23.9 Å². The molecular weight excluding hydrogens is 350 g/mol. The molecule has 1 unspecified atom stereocenters. The average molecular weight is 371 g/mol. The molecule has 0 radical (unpaired) electrons. The normalized spacial score (nSPS) is 12.0. The van der Waals surface area contributed by atoms with Gasteiger partial charge >= 0.3 is 0 Å². The van der Waals surface area contributed by atoms with Crippen LogP contribution in [-0.2, 0) is 11.3 Å². The molecule has 0 fully saturated rings. The fraction of sp³-hybridized carbons (Fsp3) is 0.263. The molecule has 3 aromatic rings. The van der Waals surface area contributed by atoms with Crippen molar-refractivity contribution in [1.82, 2.24) is 14.7 Å². The Morgan fingerprint density at radius 1 is 1.23 bits per heavy atom. The molecule has 1 amide bonds. The number of aromatic nitrogens is 2. The molecule has 6 nitrogen and oxygen atoms in total. The Kier molecular flexibility index (Phi) is 5.68. The number of rotatable bonds is 7. The molecule has 1 N–H and O–H groups in total. The molecule has 0 saturated heterocycles. The number of nitrogens with zero attached hydrogens (tertiary/aromatic N) is 2. The van der Waals surface area contributed by atoms with Crippen LogP contribution in [0, 0.1) is 0 Å². The number of carbonyl (C=O) groups is 1. The van der Waals surface area contributed by atoms with Crippen LogP contribution in [0.25, 0.3) is 5.52 Å². The van der Waals surface area contributed by atoms with Gasteiger partial charge in [0.15, 0.2) is 16.7 Å². The van der Waals surface area contributed by atoms with Crippen molar-refractivity contribution in [1.29, 1.82) is 0 Å². The van der Waals surface area contributed by atoms with Crippen LogP contribution < -0.4 is 14.8 Å². The Labute approximate surface area is 156 Å². The third-order valence-electron chi connectivity index (χ3n) is 3.97. The second-order valence-electron chi connectivity index (χ2n) is 5.70. The lowest BCUT2D eigenvalue weighted by atomic mass is 10.2. The van der Waals surface area contributed by atoms with Crippen LogP contribution in [0.3, 0.4) is 0 Å². The van der Waals surface area contributed by atoms with Gasteiger partial charge in [-0.15, -0.1) is 0 Å². The lowest BCUT2D eigenvalue weighted by Crippen LogP contribution is -2.30. The van der Waals surface area contributed by atoms with Gasteiger partial charge in [0.25, 0.3) is 0 Å². The maximum Gasteiger partial charge on any atom is 0.233 e. The number of pyridine rings is 1. The number of methoxy groups -OCH3 is 2. The molecule has 1 aromatic carbocycles. The van der Waals surface area contributed by atoms with Crippen molar-refractivity contribution in [3.05, 3.63) is 54.4 Å². The van der Waals surface area contributed by atoms with Gasteiger partial charge in [0, 0.05) is 12.7 Å². The molecule has 3 rings (SSSR count). The predicted octanol–water partition coefficient (Wildman–Crippen LogP) is 3.15. The van der Waals surface area contributed by atoms with E-state index in [9.17, 15) is 4.79 Å². The van der Waals surface area contributed by atoms with Gasteiger partial charge in [-0.25, -0.2) is 4.98 Å². The van der Waals surface area contributed by atoms with E-state index >= 15 is 0 Å². The molecule has 0 spiro atoms. The number of amides is 1. The second kappa shape index (κ2) is 8.14. The van der Waals surface area contributed by atoms with Gasteiger partial charge in [-0.2, -0.15) is 0 Å². The highest BCUT2D eigenvalue weighted by Gasteiger charge is 2.17. The maximum absolute atomic E-state index is 12.4. The number of fused-ring (bicyclic) bond motifs is 1. The number of thioether (sulfide) groups is 1. The second-order valence-corrected chi connectivity index (χ2v) is 7.01. The zero-order chi connectivity index (χ0) is 18.5. The zero-order valence-corrected chi connectivity index (χ0v) is 15.7. The summed E-state index contributed by atoms with van der Waals surface area (Å²) in [6.07, 6.45) is 3.75. The van der Waals surface area contributed by atoms with Gasteiger partial charge < -0.3 is 14.8 Å². The first-order valence-corrected chi connectivity index (χ1v) is 9.07. The standard InChI is InChI=1S/C19H21N3O3S/c1-13(26-19-21-12-15-6-4-5-9-22(15)19)18(23)20-11-14-7-8-16(24-2)17(10-14)25-3/h4-10,12-13H,11H2,1-3H3,(H,20,23). The fourth-order valence-electron chi connectivity index (χ4n) is 2.54. The van der Waals surface area contributed by atoms with Crippen LogP contribution in [0.5, 0.6) is 11.5 Å². The number of imidazole rings is 1. The van der Waals surface area contributed by atoms with E-state index in [4.69, 9.17) is 9.47 Å². The van der Waals surface area contributed by atoms with Crippen molar-refractivity contribution in [3.8, 4) is 11.5 Å².